The lowest BCUT2D eigenvalue weighted by atomic mass is 9.98. The molecule has 5 nitrogen and oxygen atoms in total. The summed E-state index contributed by atoms with van der Waals surface area (Å²) in [6.07, 6.45) is 8.29. The second kappa shape index (κ2) is 10.1. The predicted molar refractivity (Wildman–Crippen MR) is 110 cm³/mol. The molecule has 136 valence electrons. The predicted octanol–water partition coefficient (Wildman–Crippen LogP) is 3.87. The highest BCUT2D eigenvalue weighted by molar-refractivity contribution is 14.0. The van der Waals surface area contributed by atoms with Crippen molar-refractivity contribution < 1.29 is 4.74 Å². The molecule has 1 saturated carbocycles. The van der Waals surface area contributed by atoms with Gasteiger partial charge >= 0.3 is 0 Å². The molecule has 1 fully saturated rings. The molecule has 0 saturated heterocycles. The van der Waals surface area contributed by atoms with Crippen molar-refractivity contribution in [1.29, 1.82) is 0 Å². The van der Waals surface area contributed by atoms with Gasteiger partial charge in [-0.25, -0.2) is 4.98 Å². The van der Waals surface area contributed by atoms with E-state index in [9.17, 15) is 0 Å². The Morgan fingerprint density at radius 2 is 2.00 bits per heavy atom. The summed E-state index contributed by atoms with van der Waals surface area (Å²) < 4.78 is 6.02. The Hall–Kier alpha value is -1.05. The van der Waals surface area contributed by atoms with Crippen LogP contribution in [0.5, 0.6) is 5.88 Å². The zero-order chi connectivity index (χ0) is 16.7. The van der Waals surface area contributed by atoms with Gasteiger partial charge in [0.1, 0.15) is 6.10 Å². The lowest BCUT2D eigenvalue weighted by Crippen LogP contribution is -2.47. The maximum atomic E-state index is 6.02. The number of rotatable bonds is 4. The van der Waals surface area contributed by atoms with Crippen LogP contribution in [0.1, 0.15) is 58.4 Å². The molecule has 0 bridgehead atoms. The molecular weight excluding hydrogens is 415 g/mol. The fourth-order valence-corrected chi connectivity index (χ4v) is 2.70. The minimum Gasteiger partial charge on any atom is -0.474 e. The van der Waals surface area contributed by atoms with E-state index < -0.39 is 0 Å². The van der Waals surface area contributed by atoms with Crippen molar-refractivity contribution in [2.24, 2.45) is 4.99 Å². The van der Waals surface area contributed by atoms with Crippen LogP contribution in [-0.2, 0) is 6.54 Å². The summed E-state index contributed by atoms with van der Waals surface area (Å²) in [5, 5.41) is 6.68. The van der Waals surface area contributed by atoms with Gasteiger partial charge in [-0.15, -0.1) is 24.0 Å². The van der Waals surface area contributed by atoms with Crippen LogP contribution in [0.4, 0.5) is 0 Å². The van der Waals surface area contributed by atoms with Crippen LogP contribution in [0.3, 0.4) is 0 Å². The van der Waals surface area contributed by atoms with E-state index in [0.29, 0.717) is 12.6 Å². The Labute approximate surface area is 163 Å². The molecule has 0 radical (unpaired) electrons. The molecule has 24 heavy (non-hydrogen) atoms. The SMILES string of the molecule is CN=C(NCc1ccnc(OC2CCCCC2)c1)NC(C)(C)C.I. The van der Waals surface area contributed by atoms with Crippen LogP contribution in [0, 0.1) is 0 Å². The van der Waals surface area contributed by atoms with Crippen LogP contribution in [0.25, 0.3) is 0 Å². The Balaban J connectivity index is 0.00000288. The molecule has 6 heteroatoms. The number of halogens is 1. The first kappa shape index (κ1) is 21.0. The topological polar surface area (TPSA) is 58.5 Å². The molecule has 0 aliphatic heterocycles. The van der Waals surface area contributed by atoms with Crippen molar-refractivity contribution in [2.45, 2.75) is 71.1 Å². The number of nitrogens with one attached hydrogen (secondary N) is 2. The van der Waals surface area contributed by atoms with Crippen molar-refractivity contribution in [3.8, 4) is 5.88 Å². The number of aliphatic imine (C=N–C) groups is 1. The smallest absolute Gasteiger partial charge is 0.213 e. The van der Waals surface area contributed by atoms with Crippen molar-refractivity contribution in [2.75, 3.05) is 7.05 Å². The number of hydrogen-bond acceptors (Lipinski definition) is 3. The van der Waals surface area contributed by atoms with Gasteiger partial charge in [0.05, 0.1) is 0 Å². The summed E-state index contributed by atoms with van der Waals surface area (Å²) in [6, 6.07) is 4.02. The quantitative estimate of drug-likeness (QED) is 0.419. The normalized spacial score (nSPS) is 16.2. The molecule has 0 spiro atoms. The number of aromatic nitrogens is 1. The first-order valence-corrected chi connectivity index (χ1v) is 8.57. The summed E-state index contributed by atoms with van der Waals surface area (Å²) in [6.45, 7) is 7.03. The number of pyridine rings is 1. The minimum atomic E-state index is -0.0185. The molecule has 1 heterocycles. The summed E-state index contributed by atoms with van der Waals surface area (Å²) in [4.78, 5) is 8.60. The van der Waals surface area contributed by atoms with E-state index in [1.165, 1.54) is 19.3 Å². The summed E-state index contributed by atoms with van der Waals surface area (Å²) in [5.74, 6) is 1.53. The van der Waals surface area contributed by atoms with Crippen molar-refractivity contribution in [3.63, 3.8) is 0 Å². The van der Waals surface area contributed by atoms with Gasteiger partial charge in [-0.2, -0.15) is 0 Å². The van der Waals surface area contributed by atoms with E-state index in [4.69, 9.17) is 4.74 Å². The highest BCUT2D eigenvalue weighted by Gasteiger charge is 2.15. The van der Waals surface area contributed by atoms with E-state index in [1.807, 2.05) is 18.3 Å². The van der Waals surface area contributed by atoms with E-state index in [-0.39, 0.29) is 29.5 Å². The van der Waals surface area contributed by atoms with E-state index in [0.717, 1.165) is 30.2 Å². The van der Waals surface area contributed by atoms with Gasteiger partial charge in [0.25, 0.3) is 0 Å². The molecule has 2 N–H and O–H groups in total. The Kier molecular flexibility index (Phi) is 8.80. The second-order valence-electron chi connectivity index (χ2n) is 7.18. The van der Waals surface area contributed by atoms with Gasteiger partial charge < -0.3 is 15.4 Å². The lowest BCUT2D eigenvalue weighted by molar-refractivity contribution is 0.148. The van der Waals surface area contributed by atoms with Gasteiger partial charge in [-0.05, 0) is 58.1 Å². The van der Waals surface area contributed by atoms with Crippen LogP contribution in [0.2, 0.25) is 0 Å². The summed E-state index contributed by atoms with van der Waals surface area (Å²) >= 11 is 0. The molecule has 0 atom stereocenters. The van der Waals surface area contributed by atoms with Crippen LogP contribution in [0.15, 0.2) is 23.3 Å². The molecule has 0 unspecified atom stereocenters. The Bertz CT molecular complexity index is 522. The average Bonchev–Trinajstić information content (AvgIpc) is 2.52. The third-order valence-electron chi connectivity index (χ3n) is 3.82. The standard InChI is InChI=1S/C18H30N4O.HI/c1-18(2,3)22-17(19-4)21-13-14-10-11-20-16(12-14)23-15-8-6-5-7-9-15;/h10-12,15H,5-9,13H2,1-4H3,(H2,19,21,22);1H. The van der Waals surface area contributed by atoms with E-state index in [2.05, 4.69) is 41.4 Å². The average molecular weight is 446 g/mol. The number of ether oxygens (including phenoxy) is 1. The number of hydrogen-bond donors (Lipinski definition) is 2. The molecule has 0 aromatic carbocycles. The zero-order valence-electron chi connectivity index (χ0n) is 15.3. The van der Waals surface area contributed by atoms with Crippen LogP contribution < -0.4 is 15.4 Å². The van der Waals surface area contributed by atoms with Gasteiger partial charge in [0.2, 0.25) is 5.88 Å². The first-order chi connectivity index (χ1) is 11.0. The third-order valence-corrected chi connectivity index (χ3v) is 3.82. The van der Waals surface area contributed by atoms with Crippen LogP contribution in [-0.4, -0.2) is 29.6 Å². The van der Waals surface area contributed by atoms with Gasteiger partial charge in [-0.1, -0.05) is 6.42 Å². The first-order valence-electron chi connectivity index (χ1n) is 8.57. The molecule has 1 aromatic rings. The number of nitrogens with zero attached hydrogens (tertiary/aromatic N) is 2. The fourth-order valence-electron chi connectivity index (χ4n) is 2.70. The highest BCUT2D eigenvalue weighted by Crippen LogP contribution is 2.22. The van der Waals surface area contributed by atoms with E-state index in [1.54, 1.807) is 7.05 Å². The zero-order valence-corrected chi connectivity index (χ0v) is 17.6. The molecule has 1 aliphatic carbocycles. The summed E-state index contributed by atoms with van der Waals surface area (Å²) in [7, 11) is 1.78. The minimum absolute atomic E-state index is 0. The van der Waals surface area contributed by atoms with Crippen molar-refractivity contribution in [3.05, 3.63) is 23.9 Å². The monoisotopic (exact) mass is 446 g/mol. The van der Waals surface area contributed by atoms with Crippen LogP contribution >= 0.6 is 24.0 Å². The van der Waals surface area contributed by atoms with Gasteiger partial charge in [-0.3, -0.25) is 4.99 Å². The maximum Gasteiger partial charge on any atom is 0.213 e. The molecule has 0 amide bonds. The number of guanidine groups is 1. The van der Waals surface area contributed by atoms with Gasteiger partial charge in [0.15, 0.2) is 5.96 Å². The Morgan fingerprint density at radius 3 is 2.62 bits per heavy atom. The summed E-state index contributed by atoms with van der Waals surface area (Å²) in [5.41, 5.74) is 1.12. The van der Waals surface area contributed by atoms with Crippen molar-refractivity contribution >= 4 is 29.9 Å². The Morgan fingerprint density at radius 1 is 1.29 bits per heavy atom. The van der Waals surface area contributed by atoms with Crippen molar-refractivity contribution in [1.82, 2.24) is 15.6 Å². The largest absolute Gasteiger partial charge is 0.474 e. The highest BCUT2D eigenvalue weighted by atomic mass is 127. The third kappa shape index (κ3) is 7.68. The molecule has 1 aromatic heterocycles. The fraction of sp³-hybridized carbons (Fsp3) is 0.667. The van der Waals surface area contributed by atoms with Gasteiger partial charge in [0, 0.05) is 31.4 Å². The molecule has 2 rings (SSSR count). The lowest BCUT2D eigenvalue weighted by Gasteiger charge is -2.24. The second-order valence-corrected chi connectivity index (χ2v) is 7.18. The maximum absolute atomic E-state index is 6.02. The van der Waals surface area contributed by atoms with E-state index >= 15 is 0 Å². The molecule has 1 aliphatic rings. The molecular formula is C18H31IN4O.